The van der Waals surface area contributed by atoms with Gasteiger partial charge in [-0.2, -0.15) is 0 Å². The molecule has 0 radical (unpaired) electrons. The lowest BCUT2D eigenvalue weighted by atomic mass is 10.1. The van der Waals surface area contributed by atoms with E-state index >= 15 is 0 Å². The van der Waals surface area contributed by atoms with E-state index < -0.39 is 12.1 Å². The number of carbonyl (C=O) groups is 2. The number of methoxy groups -OCH3 is 2. The summed E-state index contributed by atoms with van der Waals surface area (Å²) in [7, 11) is 3.15. The summed E-state index contributed by atoms with van der Waals surface area (Å²) in [6.45, 7) is 3.56. The lowest BCUT2D eigenvalue weighted by molar-refractivity contribution is -0.154. The number of aryl methyl sites for hydroxylation is 1. The first kappa shape index (κ1) is 22.1. The van der Waals surface area contributed by atoms with Crippen LogP contribution in [0.3, 0.4) is 0 Å². The van der Waals surface area contributed by atoms with Crippen molar-refractivity contribution >= 4 is 11.9 Å². The van der Waals surface area contributed by atoms with E-state index in [2.05, 4.69) is 5.32 Å². The van der Waals surface area contributed by atoms with Crippen LogP contribution >= 0.6 is 0 Å². The highest BCUT2D eigenvalue weighted by Crippen LogP contribution is 2.27. The minimum Gasteiger partial charge on any atom is -0.493 e. The molecule has 0 saturated heterocycles. The number of hydrogen-bond donors (Lipinski definition) is 1. The van der Waals surface area contributed by atoms with Gasteiger partial charge in [0.25, 0.3) is 5.91 Å². The van der Waals surface area contributed by atoms with Crippen molar-refractivity contribution in [3.8, 4) is 17.2 Å². The fraction of sp³-hybridized carbons (Fsp3) is 0.364. The van der Waals surface area contributed by atoms with Crippen LogP contribution < -0.4 is 19.5 Å². The van der Waals surface area contributed by atoms with E-state index in [0.29, 0.717) is 30.2 Å². The van der Waals surface area contributed by atoms with Gasteiger partial charge in [0.2, 0.25) is 0 Å². The van der Waals surface area contributed by atoms with Crippen LogP contribution in [0, 0.1) is 6.92 Å². The molecule has 0 fully saturated rings. The zero-order chi connectivity index (χ0) is 21.2. The molecule has 0 spiro atoms. The Morgan fingerprint density at radius 1 is 1.03 bits per heavy atom. The van der Waals surface area contributed by atoms with Crippen molar-refractivity contribution in [3.05, 3.63) is 53.6 Å². The molecular formula is C22H27NO6. The highest BCUT2D eigenvalue weighted by molar-refractivity contribution is 5.82. The second kappa shape index (κ2) is 10.9. The fourth-order valence-corrected chi connectivity index (χ4v) is 2.63. The van der Waals surface area contributed by atoms with E-state index in [9.17, 15) is 9.59 Å². The van der Waals surface area contributed by atoms with Crippen molar-refractivity contribution in [1.82, 2.24) is 5.32 Å². The summed E-state index contributed by atoms with van der Waals surface area (Å²) >= 11 is 0. The second-order valence-corrected chi connectivity index (χ2v) is 6.47. The summed E-state index contributed by atoms with van der Waals surface area (Å²) < 4.78 is 21.0. The number of rotatable bonds is 10. The number of amides is 1. The highest BCUT2D eigenvalue weighted by Gasteiger charge is 2.17. The molecule has 2 aromatic carbocycles. The van der Waals surface area contributed by atoms with Crippen LogP contribution in [0.15, 0.2) is 42.5 Å². The number of esters is 1. The van der Waals surface area contributed by atoms with Crippen molar-refractivity contribution in [2.45, 2.75) is 26.4 Å². The van der Waals surface area contributed by atoms with Crippen molar-refractivity contribution in [2.75, 3.05) is 27.4 Å². The van der Waals surface area contributed by atoms with Crippen molar-refractivity contribution in [1.29, 1.82) is 0 Å². The topological polar surface area (TPSA) is 83.1 Å². The van der Waals surface area contributed by atoms with Gasteiger partial charge in [-0.1, -0.05) is 18.2 Å². The first-order chi connectivity index (χ1) is 13.9. The summed E-state index contributed by atoms with van der Waals surface area (Å²) in [4.78, 5) is 23.9. The van der Waals surface area contributed by atoms with Gasteiger partial charge in [-0.3, -0.25) is 4.79 Å². The Bertz CT molecular complexity index is 836. The third-order valence-electron chi connectivity index (χ3n) is 4.16. The predicted molar refractivity (Wildman–Crippen MR) is 108 cm³/mol. The van der Waals surface area contributed by atoms with Gasteiger partial charge in [0.05, 0.1) is 14.2 Å². The lowest BCUT2D eigenvalue weighted by Gasteiger charge is -2.14. The molecule has 156 valence electrons. The monoisotopic (exact) mass is 401 g/mol. The van der Waals surface area contributed by atoms with E-state index in [4.69, 9.17) is 18.9 Å². The maximum absolute atomic E-state index is 12.0. The average Bonchev–Trinajstić information content (AvgIpc) is 2.71. The summed E-state index contributed by atoms with van der Waals surface area (Å²) in [6.07, 6.45) is -0.205. The Kier molecular flexibility index (Phi) is 8.33. The summed E-state index contributed by atoms with van der Waals surface area (Å²) in [5.41, 5.74) is 2.01. The lowest BCUT2D eigenvalue weighted by Crippen LogP contribution is -2.33. The van der Waals surface area contributed by atoms with Crippen molar-refractivity contribution in [2.24, 2.45) is 0 Å². The highest BCUT2D eigenvalue weighted by atomic mass is 16.6. The molecule has 0 heterocycles. The van der Waals surface area contributed by atoms with Gasteiger partial charge >= 0.3 is 5.97 Å². The van der Waals surface area contributed by atoms with Gasteiger partial charge in [0.15, 0.2) is 24.2 Å². The molecule has 1 N–H and O–H groups in total. The molecule has 7 nitrogen and oxygen atoms in total. The smallest absolute Gasteiger partial charge is 0.347 e. The molecule has 0 bridgehead atoms. The number of benzene rings is 2. The van der Waals surface area contributed by atoms with Crippen molar-refractivity contribution < 1.29 is 28.5 Å². The summed E-state index contributed by atoms with van der Waals surface area (Å²) in [5, 5.41) is 2.72. The van der Waals surface area contributed by atoms with Gasteiger partial charge in [-0.25, -0.2) is 4.79 Å². The molecule has 7 heteroatoms. The fourth-order valence-electron chi connectivity index (χ4n) is 2.63. The first-order valence-electron chi connectivity index (χ1n) is 9.30. The number of ether oxygens (including phenoxy) is 4. The second-order valence-electron chi connectivity index (χ2n) is 6.47. The molecular weight excluding hydrogens is 374 g/mol. The molecule has 1 atom stereocenters. The maximum Gasteiger partial charge on any atom is 0.347 e. The SMILES string of the molecule is COc1ccc(CCNC(=O)COC(=O)[C@H](C)Oc2cccc(C)c2)cc1OC. The normalized spacial score (nSPS) is 11.3. The number of nitrogens with one attached hydrogen (secondary N) is 1. The van der Waals surface area contributed by atoms with Crippen LogP contribution in [-0.4, -0.2) is 45.4 Å². The van der Waals surface area contributed by atoms with E-state index in [-0.39, 0.29) is 12.5 Å². The Morgan fingerprint density at radius 3 is 2.48 bits per heavy atom. The van der Waals surface area contributed by atoms with E-state index in [1.807, 2.05) is 43.3 Å². The minimum atomic E-state index is -0.809. The molecule has 2 rings (SSSR count). The van der Waals surface area contributed by atoms with Gasteiger partial charge in [-0.05, 0) is 55.7 Å². The van der Waals surface area contributed by atoms with E-state index in [1.165, 1.54) is 0 Å². The Hall–Kier alpha value is -3.22. The Balaban J connectivity index is 1.72. The minimum absolute atomic E-state index is 0.355. The van der Waals surface area contributed by atoms with Crippen LogP contribution in [0.5, 0.6) is 17.2 Å². The van der Waals surface area contributed by atoms with Crippen LogP contribution in [0.4, 0.5) is 0 Å². The third kappa shape index (κ3) is 7.03. The Morgan fingerprint density at radius 2 is 1.79 bits per heavy atom. The van der Waals surface area contributed by atoms with Crippen LogP contribution in [0.2, 0.25) is 0 Å². The van der Waals surface area contributed by atoms with E-state index in [1.54, 1.807) is 27.2 Å². The largest absolute Gasteiger partial charge is 0.493 e. The van der Waals surface area contributed by atoms with Crippen LogP contribution in [0.25, 0.3) is 0 Å². The zero-order valence-electron chi connectivity index (χ0n) is 17.2. The molecule has 0 unspecified atom stereocenters. The molecule has 1 amide bonds. The molecule has 0 aromatic heterocycles. The van der Waals surface area contributed by atoms with Gasteiger partial charge in [0, 0.05) is 6.54 Å². The Labute approximate surface area is 170 Å². The molecule has 0 saturated carbocycles. The number of hydrogen-bond acceptors (Lipinski definition) is 6. The number of carbonyl (C=O) groups excluding carboxylic acids is 2. The van der Waals surface area contributed by atoms with Crippen LogP contribution in [-0.2, 0) is 20.7 Å². The van der Waals surface area contributed by atoms with E-state index in [0.717, 1.165) is 11.1 Å². The standard InChI is InChI=1S/C22H27NO6/c1-15-6-5-7-18(12-15)29-16(2)22(25)28-14-21(24)23-11-10-17-8-9-19(26-3)20(13-17)27-4/h5-9,12-13,16H,10-11,14H2,1-4H3,(H,23,24)/t16-/m0/s1. The van der Waals surface area contributed by atoms with Crippen molar-refractivity contribution in [3.63, 3.8) is 0 Å². The van der Waals surface area contributed by atoms with Gasteiger partial charge in [0.1, 0.15) is 5.75 Å². The third-order valence-corrected chi connectivity index (χ3v) is 4.16. The predicted octanol–water partition coefficient (Wildman–Crippen LogP) is 2.68. The molecule has 2 aromatic rings. The zero-order valence-corrected chi connectivity index (χ0v) is 17.2. The molecule has 0 aliphatic carbocycles. The quantitative estimate of drug-likeness (QED) is 0.617. The molecule has 0 aliphatic heterocycles. The van der Waals surface area contributed by atoms with Crippen LogP contribution in [0.1, 0.15) is 18.1 Å². The molecule has 0 aliphatic rings. The summed E-state index contributed by atoms with van der Waals surface area (Å²) in [6, 6.07) is 12.9. The maximum atomic E-state index is 12.0. The summed E-state index contributed by atoms with van der Waals surface area (Å²) in [5.74, 6) is 0.888. The first-order valence-corrected chi connectivity index (χ1v) is 9.30. The molecule has 29 heavy (non-hydrogen) atoms. The average molecular weight is 401 g/mol. The van der Waals surface area contributed by atoms with Gasteiger partial charge in [-0.15, -0.1) is 0 Å². The van der Waals surface area contributed by atoms with Gasteiger partial charge < -0.3 is 24.3 Å².